The fraction of sp³-hybridized carbons (Fsp3) is 0.600. The van der Waals surface area contributed by atoms with Crippen molar-refractivity contribution in [3.8, 4) is 0 Å². The van der Waals surface area contributed by atoms with E-state index in [0.717, 1.165) is 19.0 Å². The Bertz CT molecular complexity index is 322. The first kappa shape index (κ1) is 14.2. The van der Waals surface area contributed by atoms with E-state index < -0.39 is 0 Å². The Morgan fingerprint density at radius 1 is 1.18 bits per heavy atom. The van der Waals surface area contributed by atoms with E-state index in [9.17, 15) is 0 Å². The van der Waals surface area contributed by atoms with Gasteiger partial charge in [-0.1, -0.05) is 51.5 Å². The van der Waals surface area contributed by atoms with Crippen molar-refractivity contribution in [2.75, 3.05) is 13.1 Å². The van der Waals surface area contributed by atoms with Crippen LogP contribution in [0.2, 0.25) is 0 Å². The van der Waals surface area contributed by atoms with Crippen LogP contribution in [0.15, 0.2) is 24.3 Å². The largest absolute Gasteiger partial charge is 0.326 e. The average molecular weight is 234 g/mol. The monoisotopic (exact) mass is 234 g/mol. The zero-order valence-electron chi connectivity index (χ0n) is 11.4. The van der Waals surface area contributed by atoms with Crippen molar-refractivity contribution in [2.45, 2.75) is 40.3 Å². The molecule has 0 fully saturated rings. The SMILES string of the molecule is CCC(C)CN(CC)Cc1ccccc1CN. The molecule has 1 atom stereocenters. The molecule has 1 aromatic carbocycles. The van der Waals surface area contributed by atoms with Gasteiger partial charge in [0, 0.05) is 19.6 Å². The molecule has 0 saturated heterocycles. The highest BCUT2D eigenvalue weighted by Crippen LogP contribution is 2.13. The van der Waals surface area contributed by atoms with Crippen LogP contribution in [0, 0.1) is 5.92 Å². The van der Waals surface area contributed by atoms with Crippen LogP contribution in [0.5, 0.6) is 0 Å². The lowest BCUT2D eigenvalue weighted by Gasteiger charge is -2.24. The van der Waals surface area contributed by atoms with Crippen molar-refractivity contribution in [1.82, 2.24) is 4.90 Å². The van der Waals surface area contributed by atoms with Crippen LogP contribution in [-0.2, 0) is 13.1 Å². The number of hydrogen-bond donors (Lipinski definition) is 1. The summed E-state index contributed by atoms with van der Waals surface area (Å²) in [6.45, 7) is 10.7. The van der Waals surface area contributed by atoms with Gasteiger partial charge in [0.25, 0.3) is 0 Å². The molecule has 2 heteroatoms. The highest BCUT2D eigenvalue weighted by atomic mass is 15.1. The van der Waals surface area contributed by atoms with E-state index >= 15 is 0 Å². The molecule has 96 valence electrons. The maximum atomic E-state index is 5.78. The molecule has 1 unspecified atom stereocenters. The average Bonchev–Trinajstić information content (AvgIpc) is 2.38. The second kappa shape index (κ2) is 7.46. The minimum absolute atomic E-state index is 0.636. The Morgan fingerprint density at radius 3 is 2.35 bits per heavy atom. The summed E-state index contributed by atoms with van der Waals surface area (Å²) in [5.74, 6) is 0.764. The van der Waals surface area contributed by atoms with Gasteiger partial charge in [-0.3, -0.25) is 4.90 Å². The minimum atomic E-state index is 0.636. The van der Waals surface area contributed by atoms with E-state index in [2.05, 4.69) is 49.9 Å². The second-order valence-corrected chi connectivity index (χ2v) is 4.81. The molecule has 17 heavy (non-hydrogen) atoms. The highest BCUT2D eigenvalue weighted by molar-refractivity contribution is 5.26. The van der Waals surface area contributed by atoms with Crippen molar-refractivity contribution in [1.29, 1.82) is 0 Å². The maximum Gasteiger partial charge on any atom is 0.0236 e. The van der Waals surface area contributed by atoms with Gasteiger partial charge < -0.3 is 5.73 Å². The van der Waals surface area contributed by atoms with Crippen molar-refractivity contribution in [3.63, 3.8) is 0 Å². The Kier molecular flexibility index (Phi) is 6.23. The molecular formula is C15H26N2. The van der Waals surface area contributed by atoms with E-state index in [1.165, 1.54) is 24.1 Å². The first-order chi connectivity index (χ1) is 8.21. The number of hydrogen-bond acceptors (Lipinski definition) is 2. The predicted molar refractivity (Wildman–Crippen MR) is 74.7 cm³/mol. The Hall–Kier alpha value is -0.860. The topological polar surface area (TPSA) is 29.3 Å². The standard InChI is InChI=1S/C15H26N2/c1-4-13(3)11-17(5-2)12-15-9-7-6-8-14(15)10-16/h6-9,13H,4-5,10-12,16H2,1-3H3. The van der Waals surface area contributed by atoms with E-state index in [0.29, 0.717) is 6.54 Å². The molecule has 2 N–H and O–H groups in total. The van der Waals surface area contributed by atoms with Gasteiger partial charge in [-0.25, -0.2) is 0 Å². The number of nitrogens with zero attached hydrogens (tertiary/aromatic N) is 1. The lowest BCUT2D eigenvalue weighted by molar-refractivity contribution is 0.237. The molecule has 0 amide bonds. The lowest BCUT2D eigenvalue weighted by atomic mass is 10.1. The van der Waals surface area contributed by atoms with Gasteiger partial charge in [0.1, 0.15) is 0 Å². The van der Waals surface area contributed by atoms with E-state index in [-0.39, 0.29) is 0 Å². The molecular weight excluding hydrogens is 208 g/mol. The van der Waals surface area contributed by atoms with Crippen molar-refractivity contribution >= 4 is 0 Å². The van der Waals surface area contributed by atoms with Crippen molar-refractivity contribution < 1.29 is 0 Å². The van der Waals surface area contributed by atoms with E-state index in [1.54, 1.807) is 0 Å². The van der Waals surface area contributed by atoms with E-state index in [1.807, 2.05) is 0 Å². The first-order valence-electron chi connectivity index (χ1n) is 6.70. The van der Waals surface area contributed by atoms with Gasteiger partial charge in [-0.2, -0.15) is 0 Å². The van der Waals surface area contributed by atoms with Gasteiger partial charge in [-0.05, 0) is 23.6 Å². The Morgan fingerprint density at radius 2 is 1.82 bits per heavy atom. The van der Waals surface area contributed by atoms with Crippen LogP contribution in [0.1, 0.15) is 38.3 Å². The Labute approximate surface area is 106 Å². The summed E-state index contributed by atoms with van der Waals surface area (Å²) in [5, 5.41) is 0. The Balaban J connectivity index is 2.66. The molecule has 1 aromatic rings. The normalized spacial score (nSPS) is 13.0. The van der Waals surface area contributed by atoms with Gasteiger partial charge in [0.2, 0.25) is 0 Å². The molecule has 0 aliphatic rings. The fourth-order valence-corrected chi connectivity index (χ4v) is 2.03. The third kappa shape index (κ3) is 4.49. The van der Waals surface area contributed by atoms with Crippen LogP contribution in [0.3, 0.4) is 0 Å². The summed E-state index contributed by atoms with van der Waals surface area (Å²) in [5.41, 5.74) is 8.43. The summed E-state index contributed by atoms with van der Waals surface area (Å²) in [6.07, 6.45) is 1.25. The third-order valence-electron chi connectivity index (χ3n) is 3.45. The van der Waals surface area contributed by atoms with Gasteiger partial charge in [0.15, 0.2) is 0 Å². The summed E-state index contributed by atoms with van der Waals surface area (Å²) in [6, 6.07) is 8.50. The summed E-state index contributed by atoms with van der Waals surface area (Å²) in [4.78, 5) is 2.50. The van der Waals surface area contributed by atoms with Gasteiger partial charge in [0.05, 0.1) is 0 Å². The molecule has 0 aliphatic heterocycles. The van der Waals surface area contributed by atoms with Crippen LogP contribution in [0.4, 0.5) is 0 Å². The maximum absolute atomic E-state index is 5.78. The fourth-order valence-electron chi connectivity index (χ4n) is 2.03. The zero-order valence-corrected chi connectivity index (χ0v) is 11.4. The summed E-state index contributed by atoms with van der Waals surface area (Å²) in [7, 11) is 0. The molecule has 0 heterocycles. The van der Waals surface area contributed by atoms with Gasteiger partial charge >= 0.3 is 0 Å². The molecule has 2 nitrogen and oxygen atoms in total. The van der Waals surface area contributed by atoms with Crippen molar-refractivity contribution in [2.24, 2.45) is 11.7 Å². The quantitative estimate of drug-likeness (QED) is 0.786. The summed E-state index contributed by atoms with van der Waals surface area (Å²) >= 11 is 0. The van der Waals surface area contributed by atoms with Gasteiger partial charge in [-0.15, -0.1) is 0 Å². The van der Waals surface area contributed by atoms with Crippen molar-refractivity contribution in [3.05, 3.63) is 35.4 Å². The molecule has 0 aromatic heterocycles. The smallest absolute Gasteiger partial charge is 0.0236 e. The molecule has 0 bridgehead atoms. The summed E-state index contributed by atoms with van der Waals surface area (Å²) < 4.78 is 0. The minimum Gasteiger partial charge on any atom is -0.326 e. The number of nitrogens with two attached hydrogens (primary N) is 1. The number of rotatable bonds is 7. The van der Waals surface area contributed by atoms with Crippen LogP contribution in [0.25, 0.3) is 0 Å². The lowest BCUT2D eigenvalue weighted by Crippen LogP contribution is -2.28. The van der Waals surface area contributed by atoms with Crippen LogP contribution >= 0.6 is 0 Å². The van der Waals surface area contributed by atoms with Crippen LogP contribution in [-0.4, -0.2) is 18.0 Å². The molecule has 1 rings (SSSR count). The van der Waals surface area contributed by atoms with E-state index in [4.69, 9.17) is 5.73 Å². The predicted octanol–water partition coefficient (Wildman–Crippen LogP) is 3.01. The third-order valence-corrected chi connectivity index (χ3v) is 3.45. The molecule has 0 spiro atoms. The molecule has 0 aliphatic carbocycles. The van der Waals surface area contributed by atoms with Crippen LogP contribution < -0.4 is 5.73 Å². The second-order valence-electron chi connectivity index (χ2n) is 4.81. The number of benzene rings is 1. The molecule has 0 radical (unpaired) electrons. The highest BCUT2D eigenvalue weighted by Gasteiger charge is 2.09. The zero-order chi connectivity index (χ0) is 12.7. The first-order valence-corrected chi connectivity index (χ1v) is 6.70. The molecule has 0 saturated carbocycles.